The Morgan fingerprint density at radius 2 is 1.86 bits per heavy atom. The lowest BCUT2D eigenvalue weighted by atomic mass is 9.99. The second-order valence-electron chi connectivity index (χ2n) is 6.11. The number of carbonyl (C=O) groups excluding carboxylic acids is 1. The molecular weight excluding hydrogens is 260 g/mol. The summed E-state index contributed by atoms with van der Waals surface area (Å²) in [7, 11) is 0. The molecule has 0 radical (unpaired) electrons. The fraction of sp³-hybridized carbons (Fsp3) is 0.556. The zero-order valence-corrected chi connectivity index (χ0v) is 13.3. The summed E-state index contributed by atoms with van der Waals surface area (Å²) < 4.78 is 0. The zero-order chi connectivity index (χ0) is 15.7. The molecule has 2 atom stereocenters. The van der Waals surface area contributed by atoms with Crippen LogP contribution < -0.4 is 5.32 Å². The van der Waals surface area contributed by atoms with Gasteiger partial charge in [0.15, 0.2) is 0 Å². The molecule has 114 valence electrons. The molecule has 0 aliphatic carbocycles. The maximum atomic E-state index is 12.2. The van der Waals surface area contributed by atoms with Crippen molar-refractivity contribution in [3.63, 3.8) is 0 Å². The van der Waals surface area contributed by atoms with Gasteiger partial charge in [0.2, 0.25) is 5.91 Å². The quantitative estimate of drug-likeness (QED) is 0.792. The van der Waals surface area contributed by atoms with Crippen molar-refractivity contribution < 1.29 is 4.79 Å². The predicted molar refractivity (Wildman–Crippen MR) is 85.5 cm³/mol. The van der Waals surface area contributed by atoms with Crippen LogP contribution in [0.1, 0.15) is 45.6 Å². The highest BCUT2D eigenvalue weighted by molar-refractivity contribution is 5.81. The van der Waals surface area contributed by atoms with Gasteiger partial charge in [0.1, 0.15) is 5.92 Å². The highest BCUT2D eigenvalue weighted by Gasteiger charge is 2.19. The van der Waals surface area contributed by atoms with Crippen LogP contribution in [0.3, 0.4) is 0 Å². The molecule has 0 spiro atoms. The molecule has 1 rings (SSSR count). The Kier molecular flexibility index (Phi) is 7.53. The van der Waals surface area contributed by atoms with Gasteiger partial charge < -0.3 is 5.32 Å². The van der Waals surface area contributed by atoms with Crippen LogP contribution in [0.4, 0.5) is 0 Å². The lowest BCUT2D eigenvalue weighted by Gasteiger charge is -2.17. The normalized spacial score (nSPS) is 13.5. The van der Waals surface area contributed by atoms with Crippen LogP contribution in [0.25, 0.3) is 0 Å². The topological polar surface area (TPSA) is 52.9 Å². The minimum absolute atomic E-state index is 0.128. The molecule has 0 saturated heterocycles. The maximum Gasteiger partial charge on any atom is 0.237 e. The fourth-order valence-corrected chi connectivity index (χ4v) is 2.29. The monoisotopic (exact) mass is 286 g/mol. The number of nitrogens with one attached hydrogen (secondary N) is 1. The smallest absolute Gasteiger partial charge is 0.237 e. The third-order valence-corrected chi connectivity index (χ3v) is 3.56. The fourth-order valence-electron chi connectivity index (χ4n) is 2.29. The van der Waals surface area contributed by atoms with Crippen LogP contribution in [0, 0.1) is 23.2 Å². The Morgan fingerprint density at radius 1 is 1.19 bits per heavy atom. The van der Waals surface area contributed by atoms with Gasteiger partial charge in [-0.05, 0) is 31.2 Å². The summed E-state index contributed by atoms with van der Waals surface area (Å²) in [6.07, 6.45) is 3.72. The highest BCUT2D eigenvalue weighted by Crippen LogP contribution is 2.11. The van der Waals surface area contributed by atoms with E-state index in [0.29, 0.717) is 12.3 Å². The molecule has 0 saturated carbocycles. The summed E-state index contributed by atoms with van der Waals surface area (Å²) in [5.41, 5.74) is 1.02. The van der Waals surface area contributed by atoms with E-state index in [1.54, 1.807) is 0 Å². The van der Waals surface area contributed by atoms with Gasteiger partial charge in [-0.1, -0.05) is 57.0 Å². The second-order valence-corrected chi connectivity index (χ2v) is 6.11. The molecule has 0 aromatic heterocycles. The molecular formula is C18H26N2O. The Hall–Kier alpha value is -1.82. The first-order valence-electron chi connectivity index (χ1n) is 7.76. The number of nitriles is 1. The summed E-state index contributed by atoms with van der Waals surface area (Å²) in [6, 6.07) is 11.9. The van der Waals surface area contributed by atoms with Crippen molar-refractivity contribution in [2.45, 2.75) is 52.5 Å². The van der Waals surface area contributed by atoms with Crippen molar-refractivity contribution in [3.05, 3.63) is 35.9 Å². The van der Waals surface area contributed by atoms with Crippen molar-refractivity contribution in [1.29, 1.82) is 5.26 Å². The van der Waals surface area contributed by atoms with Crippen molar-refractivity contribution >= 4 is 5.91 Å². The van der Waals surface area contributed by atoms with Gasteiger partial charge in [0.05, 0.1) is 6.07 Å². The Morgan fingerprint density at radius 3 is 2.43 bits per heavy atom. The molecule has 0 aliphatic rings. The molecule has 0 heterocycles. The predicted octanol–water partition coefficient (Wildman–Crippen LogP) is 3.70. The SMILES string of the molecule is CC(C)CCCC(C)NC(=O)C(C#N)Cc1ccccc1. The average molecular weight is 286 g/mol. The van der Waals surface area contributed by atoms with Crippen LogP contribution in [0.5, 0.6) is 0 Å². The molecule has 1 aromatic rings. The number of nitrogens with zero attached hydrogens (tertiary/aromatic N) is 1. The van der Waals surface area contributed by atoms with E-state index < -0.39 is 5.92 Å². The Balaban J connectivity index is 2.43. The van der Waals surface area contributed by atoms with Gasteiger partial charge in [-0.25, -0.2) is 0 Å². The maximum absolute atomic E-state index is 12.2. The van der Waals surface area contributed by atoms with E-state index in [0.717, 1.165) is 18.4 Å². The van der Waals surface area contributed by atoms with Gasteiger partial charge in [-0.15, -0.1) is 0 Å². The van der Waals surface area contributed by atoms with Gasteiger partial charge in [-0.2, -0.15) is 5.26 Å². The van der Waals surface area contributed by atoms with Gasteiger partial charge >= 0.3 is 0 Å². The first kappa shape index (κ1) is 17.2. The van der Waals surface area contributed by atoms with Crippen LogP contribution in [0.15, 0.2) is 30.3 Å². The van der Waals surface area contributed by atoms with E-state index in [2.05, 4.69) is 25.2 Å². The van der Waals surface area contributed by atoms with Gasteiger partial charge in [0, 0.05) is 6.04 Å². The van der Waals surface area contributed by atoms with Crippen LogP contribution in [-0.4, -0.2) is 11.9 Å². The Bertz CT molecular complexity index is 462. The van der Waals surface area contributed by atoms with Crippen molar-refractivity contribution in [1.82, 2.24) is 5.32 Å². The minimum atomic E-state index is -0.611. The van der Waals surface area contributed by atoms with Gasteiger partial charge in [-0.3, -0.25) is 4.79 Å². The zero-order valence-electron chi connectivity index (χ0n) is 13.3. The largest absolute Gasteiger partial charge is 0.353 e. The Labute approximate surface area is 128 Å². The lowest BCUT2D eigenvalue weighted by molar-refractivity contribution is -0.124. The van der Waals surface area contributed by atoms with E-state index in [1.807, 2.05) is 37.3 Å². The molecule has 1 N–H and O–H groups in total. The number of hydrogen-bond donors (Lipinski definition) is 1. The van der Waals surface area contributed by atoms with Crippen LogP contribution in [-0.2, 0) is 11.2 Å². The molecule has 3 nitrogen and oxygen atoms in total. The molecule has 3 heteroatoms. The molecule has 21 heavy (non-hydrogen) atoms. The number of amides is 1. The standard InChI is InChI=1S/C18H26N2O/c1-14(2)8-7-9-15(3)20-18(21)17(13-19)12-16-10-5-4-6-11-16/h4-6,10-11,14-15,17H,7-9,12H2,1-3H3,(H,20,21). The van der Waals surface area contributed by atoms with Crippen molar-refractivity contribution in [2.24, 2.45) is 11.8 Å². The summed E-state index contributed by atoms with van der Waals surface area (Å²) in [4.78, 5) is 12.2. The molecule has 1 amide bonds. The van der Waals surface area contributed by atoms with E-state index in [9.17, 15) is 10.1 Å². The molecule has 0 fully saturated rings. The van der Waals surface area contributed by atoms with E-state index in [4.69, 9.17) is 0 Å². The van der Waals surface area contributed by atoms with Crippen molar-refractivity contribution in [3.8, 4) is 6.07 Å². The second kappa shape index (κ2) is 9.18. The number of hydrogen-bond acceptors (Lipinski definition) is 2. The van der Waals surface area contributed by atoms with Crippen LogP contribution >= 0.6 is 0 Å². The first-order chi connectivity index (χ1) is 10.0. The number of benzene rings is 1. The highest BCUT2D eigenvalue weighted by atomic mass is 16.1. The molecule has 0 bridgehead atoms. The summed E-state index contributed by atoms with van der Waals surface area (Å²) in [5.74, 6) is -0.0730. The number of carbonyl (C=O) groups is 1. The van der Waals surface area contributed by atoms with E-state index >= 15 is 0 Å². The third kappa shape index (κ3) is 6.94. The number of rotatable bonds is 8. The van der Waals surface area contributed by atoms with E-state index in [-0.39, 0.29) is 11.9 Å². The third-order valence-electron chi connectivity index (χ3n) is 3.56. The van der Waals surface area contributed by atoms with E-state index in [1.165, 1.54) is 6.42 Å². The summed E-state index contributed by atoms with van der Waals surface area (Å²) in [6.45, 7) is 6.42. The minimum Gasteiger partial charge on any atom is -0.353 e. The van der Waals surface area contributed by atoms with Crippen LogP contribution in [0.2, 0.25) is 0 Å². The lowest BCUT2D eigenvalue weighted by Crippen LogP contribution is -2.37. The first-order valence-corrected chi connectivity index (χ1v) is 7.76. The molecule has 0 aliphatic heterocycles. The molecule has 2 unspecified atom stereocenters. The average Bonchev–Trinajstić information content (AvgIpc) is 2.45. The molecule has 1 aromatic carbocycles. The summed E-state index contributed by atoms with van der Waals surface area (Å²) >= 11 is 0. The van der Waals surface area contributed by atoms with Crippen molar-refractivity contribution in [2.75, 3.05) is 0 Å². The van der Waals surface area contributed by atoms with Gasteiger partial charge in [0.25, 0.3) is 0 Å². The summed E-state index contributed by atoms with van der Waals surface area (Å²) in [5, 5.41) is 12.2.